The first-order valence-electron chi connectivity index (χ1n) is 6.49. The Bertz CT molecular complexity index is 353. The Labute approximate surface area is 112 Å². The third-order valence-corrected chi connectivity index (χ3v) is 5.55. The summed E-state index contributed by atoms with van der Waals surface area (Å²) in [4.78, 5) is 12.3. The van der Waals surface area contributed by atoms with Crippen LogP contribution in [0.2, 0.25) is 0 Å². The van der Waals surface area contributed by atoms with E-state index in [1.807, 2.05) is 6.92 Å². The third-order valence-electron chi connectivity index (χ3n) is 4.03. The molecular weight excluding hydrogens is 250 g/mol. The maximum Gasteiger partial charge on any atom is 0.236 e. The topological polar surface area (TPSA) is 87.7 Å². The lowest BCUT2D eigenvalue weighted by molar-refractivity contribution is -0.123. The zero-order valence-electron chi connectivity index (χ0n) is 10.7. The predicted octanol–water partition coefficient (Wildman–Crippen LogP) is 1.30. The van der Waals surface area contributed by atoms with Gasteiger partial charge in [0.1, 0.15) is 5.84 Å². The first kappa shape index (κ1) is 13.5. The molecule has 18 heavy (non-hydrogen) atoms. The molecule has 1 aliphatic carbocycles. The SMILES string of the molecule is CC1(C(=O)NC2CCCC2C(N)=NO)CCCS1. The summed E-state index contributed by atoms with van der Waals surface area (Å²) in [5.74, 6) is 1.38. The van der Waals surface area contributed by atoms with E-state index in [0.717, 1.165) is 37.9 Å². The quantitative estimate of drug-likeness (QED) is 0.312. The first-order valence-corrected chi connectivity index (χ1v) is 7.48. The fourth-order valence-electron chi connectivity index (χ4n) is 2.84. The number of amides is 1. The molecule has 2 aliphatic rings. The number of nitrogens with one attached hydrogen (secondary N) is 1. The van der Waals surface area contributed by atoms with E-state index >= 15 is 0 Å². The number of hydrogen-bond donors (Lipinski definition) is 3. The van der Waals surface area contributed by atoms with Crippen LogP contribution < -0.4 is 11.1 Å². The maximum absolute atomic E-state index is 12.3. The van der Waals surface area contributed by atoms with Crippen molar-refractivity contribution >= 4 is 23.5 Å². The number of oxime groups is 1. The molecule has 0 aromatic rings. The summed E-state index contributed by atoms with van der Waals surface area (Å²) in [5, 5.41) is 14.9. The molecule has 0 aromatic heterocycles. The summed E-state index contributed by atoms with van der Waals surface area (Å²) >= 11 is 1.73. The molecular formula is C12H21N3O2S. The molecule has 2 rings (SSSR count). The number of hydrogen-bond acceptors (Lipinski definition) is 4. The van der Waals surface area contributed by atoms with Gasteiger partial charge in [-0.25, -0.2) is 0 Å². The van der Waals surface area contributed by atoms with Gasteiger partial charge in [-0.3, -0.25) is 4.79 Å². The molecule has 3 unspecified atom stereocenters. The Morgan fingerprint density at radius 3 is 2.89 bits per heavy atom. The van der Waals surface area contributed by atoms with Crippen LogP contribution >= 0.6 is 11.8 Å². The molecule has 1 saturated heterocycles. The summed E-state index contributed by atoms with van der Waals surface area (Å²) in [5.41, 5.74) is 5.67. The van der Waals surface area contributed by atoms with Gasteiger partial charge in [-0.05, 0) is 38.4 Å². The monoisotopic (exact) mass is 271 g/mol. The van der Waals surface area contributed by atoms with Crippen molar-refractivity contribution < 1.29 is 10.0 Å². The Kier molecular flexibility index (Phi) is 4.04. The Morgan fingerprint density at radius 1 is 1.50 bits per heavy atom. The highest BCUT2D eigenvalue weighted by Crippen LogP contribution is 2.38. The van der Waals surface area contributed by atoms with Gasteiger partial charge in [0.2, 0.25) is 5.91 Å². The van der Waals surface area contributed by atoms with Crippen LogP contribution in [0.5, 0.6) is 0 Å². The Balaban J connectivity index is 1.98. The number of nitrogens with two attached hydrogens (primary N) is 1. The van der Waals surface area contributed by atoms with Crippen molar-refractivity contribution in [2.45, 2.75) is 49.8 Å². The minimum Gasteiger partial charge on any atom is -0.409 e. The molecule has 1 aliphatic heterocycles. The van der Waals surface area contributed by atoms with Crippen LogP contribution in [0, 0.1) is 5.92 Å². The van der Waals surface area contributed by atoms with E-state index in [9.17, 15) is 4.79 Å². The lowest BCUT2D eigenvalue weighted by Gasteiger charge is -2.26. The van der Waals surface area contributed by atoms with Crippen LogP contribution in [-0.2, 0) is 4.79 Å². The molecule has 2 fully saturated rings. The standard InChI is InChI=1S/C12H21N3O2S/c1-12(6-3-7-18-12)11(16)14-9-5-2-4-8(9)10(13)15-17/h8-9,17H,2-7H2,1H3,(H2,13,15)(H,14,16). The highest BCUT2D eigenvalue weighted by molar-refractivity contribution is 8.01. The van der Waals surface area contributed by atoms with E-state index in [2.05, 4.69) is 10.5 Å². The van der Waals surface area contributed by atoms with Crippen LogP contribution in [0.1, 0.15) is 39.0 Å². The number of rotatable bonds is 3. The second-order valence-corrected chi connectivity index (χ2v) is 6.92. The second kappa shape index (κ2) is 5.38. The average Bonchev–Trinajstić information content (AvgIpc) is 2.98. The van der Waals surface area contributed by atoms with Crippen molar-refractivity contribution in [3.8, 4) is 0 Å². The van der Waals surface area contributed by atoms with E-state index in [1.54, 1.807) is 11.8 Å². The third kappa shape index (κ3) is 2.58. The lowest BCUT2D eigenvalue weighted by atomic mass is 10.00. The predicted molar refractivity (Wildman–Crippen MR) is 72.8 cm³/mol. The van der Waals surface area contributed by atoms with Gasteiger partial charge < -0.3 is 16.3 Å². The van der Waals surface area contributed by atoms with Crippen LogP contribution in [0.4, 0.5) is 0 Å². The molecule has 6 heteroatoms. The van der Waals surface area contributed by atoms with Crippen molar-refractivity contribution in [2.24, 2.45) is 16.8 Å². The number of thioether (sulfide) groups is 1. The van der Waals surface area contributed by atoms with Crippen molar-refractivity contribution in [1.29, 1.82) is 0 Å². The van der Waals surface area contributed by atoms with E-state index < -0.39 is 0 Å². The zero-order valence-corrected chi connectivity index (χ0v) is 11.5. The smallest absolute Gasteiger partial charge is 0.236 e. The number of nitrogens with zero attached hydrogens (tertiary/aromatic N) is 1. The highest BCUT2D eigenvalue weighted by Gasteiger charge is 2.40. The minimum absolute atomic E-state index is 0.0195. The minimum atomic E-state index is -0.293. The summed E-state index contributed by atoms with van der Waals surface area (Å²) in [6.07, 6.45) is 4.83. The van der Waals surface area contributed by atoms with Crippen LogP contribution in [0.3, 0.4) is 0 Å². The lowest BCUT2D eigenvalue weighted by Crippen LogP contribution is -2.49. The van der Waals surface area contributed by atoms with Crippen molar-refractivity contribution in [1.82, 2.24) is 5.32 Å². The van der Waals surface area contributed by atoms with Gasteiger partial charge >= 0.3 is 0 Å². The molecule has 4 N–H and O–H groups in total. The Hall–Kier alpha value is -0.910. The van der Waals surface area contributed by atoms with Gasteiger partial charge in [0, 0.05) is 12.0 Å². The van der Waals surface area contributed by atoms with Gasteiger partial charge in [-0.2, -0.15) is 0 Å². The molecule has 0 spiro atoms. The van der Waals surface area contributed by atoms with E-state index in [-0.39, 0.29) is 28.4 Å². The largest absolute Gasteiger partial charge is 0.409 e. The zero-order chi connectivity index (χ0) is 13.2. The molecule has 1 heterocycles. The average molecular weight is 271 g/mol. The molecule has 1 saturated carbocycles. The number of amidine groups is 1. The van der Waals surface area contributed by atoms with Crippen molar-refractivity contribution in [3.63, 3.8) is 0 Å². The molecule has 5 nitrogen and oxygen atoms in total. The van der Waals surface area contributed by atoms with Crippen LogP contribution in [0.15, 0.2) is 5.16 Å². The van der Waals surface area contributed by atoms with Crippen LogP contribution in [-0.4, -0.2) is 33.5 Å². The Morgan fingerprint density at radius 2 is 2.28 bits per heavy atom. The summed E-state index contributed by atoms with van der Waals surface area (Å²) in [6.45, 7) is 2.01. The molecule has 3 atom stereocenters. The van der Waals surface area contributed by atoms with Crippen molar-refractivity contribution in [3.05, 3.63) is 0 Å². The fraction of sp³-hybridized carbons (Fsp3) is 0.833. The van der Waals surface area contributed by atoms with E-state index in [4.69, 9.17) is 10.9 Å². The summed E-state index contributed by atoms with van der Waals surface area (Å²) in [7, 11) is 0. The molecule has 0 bridgehead atoms. The summed E-state index contributed by atoms with van der Waals surface area (Å²) in [6, 6.07) is 0.0198. The maximum atomic E-state index is 12.3. The molecule has 1 amide bonds. The summed E-state index contributed by atoms with van der Waals surface area (Å²) < 4.78 is -0.293. The van der Waals surface area contributed by atoms with Gasteiger partial charge in [0.15, 0.2) is 0 Å². The van der Waals surface area contributed by atoms with Gasteiger partial charge in [0.05, 0.1) is 4.75 Å². The number of carbonyl (C=O) groups excluding carboxylic acids is 1. The fourth-order valence-corrected chi connectivity index (χ4v) is 4.06. The van der Waals surface area contributed by atoms with Gasteiger partial charge in [-0.1, -0.05) is 11.6 Å². The molecule has 0 radical (unpaired) electrons. The second-order valence-electron chi connectivity index (χ2n) is 5.33. The first-order chi connectivity index (χ1) is 8.57. The van der Waals surface area contributed by atoms with Crippen molar-refractivity contribution in [2.75, 3.05) is 5.75 Å². The van der Waals surface area contributed by atoms with Gasteiger partial charge in [-0.15, -0.1) is 11.8 Å². The normalized spacial score (nSPS) is 36.8. The van der Waals surface area contributed by atoms with Gasteiger partial charge in [0.25, 0.3) is 0 Å². The number of carbonyl (C=O) groups is 1. The van der Waals surface area contributed by atoms with E-state index in [1.165, 1.54) is 0 Å². The molecule has 0 aromatic carbocycles. The molecule has 102 valence electrons. The van der Waals surface area contributed by atoms with E-state index in [0.29, 0.717) is 0 Å². The van der Waals surface area contributed by atoms with Crippen LogP contribution in [0.25, 0.3) is 0 Å². The highest BCUT2D eigenvalue weighted by atomic mass is 32.2.